The minimum atomic E-state index is -0.927. The summed E-state index contributed by atoms with van der Waals surface area (Å²) in [5, 5.41) is 11.6. The lowest BCUT2D eigenvalue weighted by Gasteiger charge is -2.32. The number of anilines is 1. The van der Waals surface area contributed by atoms with Gasteiger partial charge in [0, 0.05) is 17.6 Å². The minimum absolute atomic E-state index is 0.0992. The smallest absolute Gasteiger partial charge is 0.322 e. The number of halogens is 1. The summed E-state index contributed by atoms with van der Waals surface area (Å²) in [5.41, 5.74) is 1.78. The number of nitrogens with one attached hydrogen (secondary N) is 1. The Labute approximate surface area is 131 Å². The lowest BCUT2D eigenvalue weighted by atomic mass is 10.2. The third kappa shape index (κ3) is 4.44. The van der Waals surface area contributed by atoms with Crippen molar-refractivity contribution < 1.29 is 19.4 Å². The highest BCUT2D eigenvalue weighted by Gasteiger charge is 2.26. The Morgan fingerprint density at radius 3 is 2.95 bits per heavy atom. The van der Waals surface area contributed by atoms with Gasteiger partial charge in [-0.05, 0) is 40.5 Å². The zero-order valence-electron chi connectivity index (χ0n) is 11.6. The molecule has 0 bridgehead atoms. The molecule has 114 valence electrons. The number of rotatable bonds is 3. The van der Waals surface area contributed by atoms with Crippen molar-refractivity contribution in [1.29, 1.82) is 0 Å². The SMILES string of the molecule is Cc1ccc(NC(=O)N2CCOC(CC(=O)O)C2)c(Br)c1. The first-order chi connectivity index (χ1) is 9.95. The predicted molar refractivity (Wildman–Crippen MR) is 81.5 cm³/mol. The molecule has 1 saturated heterocycles. The topological polar surface area (TPSA) is 78.9 Å². The highest BCUT2D eigenvalue weighted by molar-refractivity contribution is 9.10. The van der Waals surface area contributed by atoms with E-state index in [0.717, 1.165) is 10.0 Å². The molecule has 2 N–H and O–H groups in total. The van der Waals surface area contributed by atoms with Crippen LogP contribution in [0.1, 0.15) is 12.0 Å². The average Bonchev–Trinajstić information content (AvgIpc) is 2.41. The Morgan fingerprint density at radius 2 is 2.29 bits per heavy atom. The van der Waals surface area contributed by atoms with Crippen molar-refractivity contribution in [3.05, 3.63) is 28.2 Å². The van der Waals surface area contributed by atoms with Crippen molar-refractivity contribution in [2.45, 2.75) is 19.4 Å². The average molecular weight is 357 g/mol. The van der Waals surface area contributed by atoms with Crippen molar-refractivity contribution in [3.63, 3.8) is 0 Å². The summed E-state index contributed by atoms with van der Waals surface area (Å²) in [5.74, 6) is -0.927. The summed E-state index contributed by atoms with van der Waals surface area (Å²) >= 11 is 3.41. The van der Waals surface area contributed by atoms with E-state index < -0.39 is 12.1 Å². The zero-order chi connectivity index (χ0) is 15.4. The van der Waals surface area contributed by atoms with Crippen molar-refractivity contribution in [2.75, 3.05) is 25.0 Å². The molecule has 1 aliphatic rings. The van der Waals surface area contributed by atoms with Crippen LogP contribution in [0.5, 0.6) is 0 Å². The van der Waals surface area contributed by atoms with E-state index in [0.29, 0.717) is 18.8 Å². The van der Waals surface area contributed by atoms with Crippen molar-refractivity contribution >= 4 is 33.6 Å². The number of hydrogen-bond donors (Lipinski definition) is 2. The number of carbonyl (C=O) groups excluding carboxylic acids is 1. The monoisotopic (exact) mass is 356 g/mol. The fraction of sp³-hybridized carbons (Fsp3) is 0.429. The number of carbonyl (C=O) groups is 2. The van der Waals surface area contributed by atoms with Gasteiger partial charge < -0.3 is 20.1 Å². The maximum Gasteiger partial charge on any atom is 0.322 e. The van der Waals surface area contributed by atoms with Gasteiger partial charge in [0.05, 0.1) is 24.8 Å². The van der Waals surface area contributed by atoms with Gasteiger partial charge in [-0.15, -0.1) is 0 Å². The molecule has 0 aromatic heterocycles. The summed E-state index contributed by atoms with van der Waals surface area (Å²) in [4.78, 5) is 24.5. The Hall–Kier alpha value is -1.60. The largest absolute Gasteiger partial charge is 0.481 e. The number of urea groups is 1. The van der Waals surface area contributed by atoms with Crippen LogP contribution in [-0.2, 0) is 9.53 Å². The molecule has 1 atom stereocenters. The molecular weight excluding hydrogens is 340 g/mol. The second kappa shape index (κ2) is 6.91. The van der Waals surface area contributed by atoms with E-state index in [2.05, 4.69) is 21.2 Å². The molecular formula is C14H17BrN2O4. The number of hydrogen-bond acceptors (Lipinski definition) is 3. The van der Waals surface area contributed by atoms with E-state index in [4.69, 9.17) is 9.84 Å². The van der Waals surface area contributed by atoms with Gasteiger partial charge >= 0.3 is 12.0 Å². The summed E-state index contributed by atoms with van der Waals surface area (Å²) in [6, 6.07) is 5.40. The number of carboxylic acid groups (broad SMARTS) is 1. The van der Waals surface area contributed by atoms with Crippen molar-refractivity contribution in [2.24, 2.45) is 0 Å². The highest BCUT2D eigenvalue weighted by atomic mass is 79.9. The van der Waals surface area contributed by atoms with E-state index in [1.54, 1.807) is 4.90 Å². The molecule has 0 saturated carbocycles. The molecule has 21 heavy (non-hydrogen) atoms. The molecule has 2 rings (SSSR count). The zero-order valence-corrected chi connectivity index (χ0v) is 13.2. The Kier molecular flexibility index (Phi) is 5.19. The van der Waals surface area contributed by atoms with Crippen LogP contribution < -0.4 is 5.32 Å². The van der Waals surface area contributed by atoms with Crippen LogP contribution in [0.3, 0.4) is 0 Å². The van der Waals surface area contributed by atoms with Gasteiger partial charge in [0.25, 0.3) is 0 Å². The Bertz CT molecular complexity index is 550. The summed E-state index contributed by atoms with van der Waals surface area (Å²) < 4.78 is 6.16. The highest BCUT2D eigenvalue weighted by Crippen LogP contribution is 2.24. The van der Waals surface area contributed by atoms with Crippen molar-refractivity contribution in [3.8, 4) is 0 Å². The van der Waals surface area contributed by atoms with Crippen LogP contribution in [0.25, 0.3) is 0 Å². The molecule has 1 aliphatic heterocycles. The lowest BCUT2D eigenvalue weighted by Crippen LogP contribution is -2.47. The second-order valence-corrected chi connectivity index (χ2v) is 5.80. The number of aryl methyl sites for hydroxylation is 1. The number of amides is 2. The van der Waals surface area contributed by atoms with Crippen LogP contribution in [0.4, 0.5) is 10.5 Å². The lowest BCUT2D eigenvalue weighted by molar-refractivity contribution is -0.141. The predicted octanol–water partition coefficient (Wildman–Crippen LogP) is 2.46. The third-order valence-corrected chi connectivity index (χ3v) is 3.85. The molecule has 1 aromatic carbocycles. The quantitative estimate of drug-likeness (QED) is 0.871. The third-order valence-electron chi connectivity index (χ3n) is 3.19. The first-order valence-electron chi connectivity index (χ1n) is 6.61. The first-order valence-corrected chi connectivity index (χ1v) is 7.40. The number of nitrogens with zero attached hydrogens (tertiary/aromatic N) is 1. The second-order valence-electron chi connectivity index (χ2n) is 4.95. The fourth-order valence-corrected chi connectivity index (χ4v) is 2.73. The fourth-order valence-electron chi connectivity index (χ4n) is 2.14. The summed E-state index contributed by atoms with van der Waals surface area (Å²) in [6.07, 6.45) is -0.554. The van der Waals surface area contributed by atoms with E-state index in [9.17, 15) is 9.59 Å². The van der Waals surface area contributed by atoms with Gasteiger partial charge in [-0.2, -0.15) is 0 Å². The van der Waals surface area contributed by atoms with Gasteiger partial charge in [0.1, 0.15) is 0 Å². The number of carboxylic acids is 1. The maximum absolute atomic E-state index is 12.2. The molecule has 6 nitrogen and oxygen atoms in total. The first kappa shape index (κ1) is 15.8. The minimum Gasteiger partial charge on any atom is -0.481 e. The molecule has 7 heteroatoms. The van der Waals surface area contributed by atoms with Gasteiger partial charge in [-0.25, -0.2) is 4.79 Å². The Balaban J connectivity index is 1.97. The number of benzene rings is 1. The Morgan fingerprint density at radius 1 is 1.52 bits per heavy atom. The number of morpholine rings is 1. The molecule has 0 aliphatic carbocycles. The van der Waals surface area contributed by atoms with E-state index in [-0.39, 0.29) is 19.0 Å². The molecule has 0 radical (unpaired) electrons. The van der Waals surface area contributed by atoms with Gasteiger partial charge in [0.15, 0.2) is 0 Å². The van der Waals surface area contributed by atoms with Crippen LogP contribution in [0.15, 0.2) is 22.7 Å². The molecule has 0 spiro atoms. The van der Waals surface area contributed by atoms with E-state index in [1.165, 1.54) is 0 Å². The molecule has 1 heterocycles. The number of aliphatic carboxylic acids is 1. The molecule has 1 fully saturated rings. The maximum atomic E-state index is 12.2. The van der Waals surface area contributed by atoms with Gasteiger partial charge in [-0.3, -0.25) is 4.79 Å². The molecule has 2 amide bonds. The van der Waals surface area contributed by atoms with E-state index >= 15 is 0 Å². The standard InChI is InChI=1S/C14H17BrN2O4/c1-9-2-3-12(11(15)6-9)16-14(20)17-4-5-21-10(8-17)7-13(18)19/h2-3,6,10H,4-5,7-8H2,1H3,(H,16,20)(H,18,19). The summed E-state index contributed by atoms with van der Waals surface area (Å²) in [6.45, 7) is 3.04. The van der Waals surface area contributed by atoms with Crippen LogP contribution >= 0.6 is 15.9 Å². The molecule has 1 aromatic rings. The molecule has 1 unspecified atom stereocenters. The number of ether oxygens (including phenoxy) is 1. The van der Waals surface area contributed by atoms with Crippen LogP contribution in [0.2, 0.25) is 0 Å². The summed E-state index contributed by atoms with van der Waals surface area (Å²) in [7, 11) is 0. The normalized spacial score (nSPS) is 18.4. The van der Waals surface area contributed by atoms with E-state index in [1.807, 2.05) is 25.1 Å². The van der Waals surface area contributed by atoms with Crippen LogP contribution in [0, 0.1) is 6.92 Å². The van der Waals surface area contributed by atoms with Gasteiger partial charge in [-0.1, -0.05) is 6.07 Å². The van der Waals surface area contributed by atoms with Crippen LogP contribution in [-0.4, -0.2) is 47.8 Å². The van der Waals surface area contributed by atoms with Gasteiger partial charge in [0.2, 0.25) is 0 Å². The van der Waals surface area contributed by atoms with Crippen molar-refractivity contribution in [1.82, 2.24) is 4.90 Å².